The van der Waals surface area contributed by atoms with Gasteiger partial charge in [-0.05, 0) is 43.0 Å². The Labute approximate surface area is 130 Å². The van der Waals surface area contributed by atoms with Crippen molar-refractivity contribution in [2.45, 2.75) is 12.8 Å². The van der Waals surface area contributed by atoms with Crippen LogP contribution in [0.1, 0.15) is 12.8 Å². The Bertz CT molecular complexity index is 575. The Balaban J connectivity index is 1.75. The second kappa shape index (κ2) is 6.45. The highest BCUT2D eigenvalue weighted by atomic mass is 32.1. The van der Waals surface area contributed by atoms with Crippen molar-refractivity contribution in [3.05, 3.63) is 30.3 Å². The molecule has 4 nitrogen and oxygen atoms in total. The first-order valence-corrected chi connectivity index (χ1v) is 8.27. The second-order valence-electron chi connectivity index (χ2n) is 5.58. The fourth-order valence-corrected chi connectivity index (χ4v) is 3.65. The van der Waals surface area contributed by atoms with Crippen LogP contribution in [0, 0.1) is 0 Å². The molecule has 0 radical (unpaired) electrons. The van der Waals surface area contributed by atoms with E-state index in [2.05, 4.69) is 33.4 Å². The summed E-state index contributed by atoms with van der Waals surface area (Å²) >= 11 is 1.49. The van der Waals surface area contributed by atoms with Gasteiger partial charge in [-0.15, -0.1) is 0 Å². The first-order valence-electron chi connectivity index (χ1n) is 7.50. The van der Waals surface area contributed by atoms with Crippen LogP contribution in [0.5, 0.6) is 0 Å². The van der Waals surface area contributed by atoms with E-state index in [9.17, 15) is 0 Å². The third-order valence-corrected chi connectivity index (χ3v) is 5.04. The van der Waals surface area contributed by atoms with Crippen molar-refractivity contribution in [2.24, 2.45) is 0 Å². The number of likely N-dealkylation sites (tertiary alicyclic amines) is 1. The standard InChI is InChI=1S/C16H22N4S/c1-19(11-12-20-9-5-6-10-20)16-14(15(17)18-21-16)13-7-3-2-4-8-13/h2-4,7-8H,5-6,9-12H2,1H3,(H2,17,18). The molecule has 2 heterocycles. The molecule has 3 rings (SSSR count). The van der Waals surface area contributed by atoms with Crippen molar-refractivity contribution in [1.29, 1.82) is 0 Å². The summed E-state index contributed by atoms with van der Waals surface area (Å²) in [4.78, 5) is 4.82. The van der Waals surface area contributed by atoms with E-state index in [4.69, 9.17) is 5.73 Å². The molecule has 5 heteroatoms. The highest BCUT2D eigenvalue weighted by Gasteiger charge is 2.18. The fraction of sp³-hybridized carbons (Fsp3) is 0.438. The molecule has 2 aromatic rings. The number of benzene rings is 1. The third-order valence-electron chi connectivity index (χ3n) is 4.06. The zero-order chi connectivity index (χ0) is 14.7. The van der Waals surface area contributed by atoms with E-state index in [0.29, 0.717) is 5.82 Å². The summed E-state index contributed by atoms with van der Waals surface area (Å²) in [6, 6.07) is 10.3. The lowest BCUT2D eigenvalue weighted by Crippen LogP contribution is -2.31. The number of rotatable bonds is 5. The molecule has 0 unspecified atom stereocenters. The van der Waals surface area contributed by atoms with Crippen LogP contribution in [0.15, 0.2) is 30.3 Å². The molecule has 1 aromatic heterocycles. The van der Waals surface area contributed by atoms with Crippen LogP contribution in [0.2, 0.25) is 0 Å². The van der Waals surface area contributed by atoms with Gasteiger partial charge in [0.15, 0.2) is 0 Å². The van der Waals surface area contributed by atoms with Gasteiger partial charge in [-0.3, -0.25) is 0 Å². The average Bonchev–Trinajstić information content (AvgIpc) is 3.15. The van der Waals surface area contributed by atoms with Crippen molar-refractivity contribution in [2.75, 3.05) is 43.9 Å². The zero-order valence-electron chi connectivity index (χ0n) is 12.5. The van der Waals surface area contributed by atoms with Crippen LogP contribution in [0.3, 0.4) is 0 Å². The summed E-state index contributed by atoms with van der Waals surface area (Å²) in [7, 11) is 2.13. The summed E-state index contributed by atoms with van der Waals surface area (Å²) in [5, 5.41) is 1.16. The maximum atomic E-state index is 6.09. The van der Waals surface area contributed by atoms with Gasteiger partial charge >= 0.3 is 0 Å². The van der Waals surface area contributed by atoms with E-state index in [1.165, 1.54) is 37.5 Å². The number of nitrogens with zero attached hydrogens (tertiary/aromatic N) is 3. The third kappa shape index (κ3) is 3.19. The number of likely N-dealkylation sites (N-methyl/N-ethyl adjacent to an activating group) is 1. The van der Waals surface area contributed by atoms with E-state index in [-0.39, 0.29) is 0 Å². The highest BCUT2D eigenvalue weighted by molar-refractivity contribution is 7.11. The van der Waals surface area contributed by atoms with Crippen LogP contribution < -0.4 is 10.6 Å². The molecule has 0 amide bonds. The van der Waals surface area contributed by atoms with Crippen LogP contribution in [0.25, 0.3) is 11.1 Å². The molecule has 1 fully saturated rings. The van der Waals surface area contributed by atoms with Gasteiger partial charge in [0.05, 0.1) is 5.56 Å². The van der Waals surface area contributed by atoms with Crippen molar-refractivity contribution in [3.8, 4) is 11.1 Å². The summed E-state index contributed by atoms with van der Waals surface area (Å²) in [5.41, 5.74) is 8.31. The molecular weight excluding hydrogens is 280 g/mol. The predicted molar refractivity (Wildman–Crippen MR) is 90.9 cm³/mol. The predicted octanol–water partition coefficient (Wildman–Crippen LogP) is 2.92. The minimum atomic E-state index is 0.634. The monoisotopic (exact) mass is 302 g/mol. The van der Waals surface area contributed by atoms with E-state index >= 15 is 0 Å². The summed E-state index contributed by atoms with van der Waals surface area (Å²) in [6.45, 7) is 4.61. The molecule has 0 saturated carbocycles. The van der Waals surface area contributed by atoms with Crippen LogP contribution in [-0.4, -0.2) is 42.5 Å². The van der Waals surface area contributed by atoms with E-state index in [0.717, 1.165) is 29.2 Å². The molecule has 1 aliphatic rings. The smallest absolute Gasteiger partial charge is 0.147 e. The van der Waals surface area contributed by atoms with Gasteiger partial charge < -0.3 is 15.5 Å². The number of anilines is 2. The Hall–Kier alpha value is -1.59. The molecule has 1 aliphatic heterocycles. The molecule has 0 spiro atoms. The number of hydrogen-bond donors (Lipinski definition) is 1. The quantitative estimate of drug-likeness (QED) is 0.922. The lowest BCUT2D eigenvalue weighted by molar-refractivity contribution is 0.347. The van der Waals surface area contributed by atoms with Gasteiger partial charge in [0.1, 0.15) is 10.8 Å². The molecule has 0 aliphatic carbocycles. The van der Waals surface area contributed by atoms with Crippen molar-refractivity contribution >= 4 is 22.4 Å². The van der Waals surface area contributed by atoms with Gasteiger partial charge in [-0.2, -0.15) is 4.37 Å². The first kappa shape index (κ1) is 14.4. The Morgan fingerprint density at radius 1 is 1.24 bits per heavy atom. The molecule has 2 N–H and O–H groups in total. The lowest BCUT2D eigenvalue weighted by atomic mass is 10.1. The summed E-state index contributed by atoms with van der Waals surface area (Å²) in [6.07, 6.45) is 2.68. The van der Waals surface area contributed by atoms with E-state index < -0.39 is 0 Å². The fourth-order valence-electron chi connectivity index (χ4n) is 2.83. The summed E-state index contributed by atoms with van der Waals surface area (Å²) in [5.74, 6) is 0.634. The highest BCUT2D eigenvalue weighted by Crippen LogP contribution is 2.38. The average molecular weight is 302 g/mol. The molecular formula is C16H22N4S. The van der Waals surface area contributed by atoms with E-state index in [1.807, 2.05) is 18.2 Å². The van der Waals surface area contributed by atoms with Crippen LogP contribution >= 0.6 is 11.5 Å². The van der Waals surface area contributed by atoms with Gasteiger partial charge in [0.25, 0.3) is 0 Å². The van der Waals surface area contributed by atoms with Crippen molar-refractivity contribution in [3.63, 3.8) is 0 Å². The number of hydrogen-bond acceptors (Lipinski definition) is 5. The minimum absolute atomic E-state index is 0.634. The number of nitrogens with two attached hydrogens (primary N) is 1. The molecule has 112 valence electrons. The van der Waals surface area contributed by atoms with Gasteiger partial charge in [0, 0.05) is 20.1 Å². The first-order chi connectivity index (χ1) is 10.3. The normalized spacial score (nSPS) is 15.5. The topological polar surface area (TPSA) is 45.4 Å². The lowest BCUT2D eigenvalue weighted by Gasteiger charge is -2.22. The molecule has 1 aromatic carbocycles. The van der Waals surface area contributed by atoms with Gasteiger partial charge in [-0.1, -0.05) is 30.3 Å². The Morgan fingerprint density at radius 2 is 1.95 bits per heavy atom. The molecule has 21 heavy (non-hydrogen) atoms. The minimum Gasteiger partial charge on any atom is -0.382 e. The van der Waals surface area contributed by atoms with E-state index in [1.54, 1.807) is 0 Å². The number of aromatic nitrogens is 1. The largest absolute Gasteiger partial charge is 0.382 e. The van der Waals surface area contributed by atoms with Crippen molar-refractivity contribution in [1.82, 2.24) is 9.27 Å². The maximum Gasteiger partial charge on any atom is 0.147 e. The second-order valence-corrected chi connectivity index (χ2v) is 6.34. The van der Waals surface area contributed by atoms with Crippen molar-refractivity contribution < 1.29 is 0 Å². The SMILES string of the molecule is CN(CCN1CCCC1)c1snc(N)c1-c1ccccc1. The Kier molecular flexibility index (Phi) is 4.41. The number of nitrogen functional groups attached to an aromatic ring is 1. The van der Waals surface area contributed by atoms with Crippen LogP contribution in [0.4, 0.5) is 10.8 Å². The van der Waals surface area contributed by atoms with Crippen LogP contribution in [-0.2, 0) is 0 Å². The zero-order valence-corrected chi connectivity index (χ0v) is 13.3. The maximum absolute atomic E-state index is 6.09. The van der Waals surface area contributed by atoms with Gasteiger partial charge in [-0.25, -0.2) is 0 Å². The Morgan fingerprint density at radius 3 is 2.67 bits per heavy atom. The molecule has 1 saturated heterocycles. The van der Waals surface area contributed by atoms with Gasteiger partial charge in [0.2, 0.25) is 0 Å². The molecule has 0 atom stereocenters. The summed E-state index contributed by atoms with van der Waals surface area (Å²) < 4.78 is 4.36. The molecule has 0 bridgehead atoms.